The van der Waals surface area contributed by atoms with E-state index in [-0.39, 0.29) is 11.9 Å². The lowest BCUT2D eigenvalue weighted by atomic mass is 10.0. The molecule has 3 N–H and O–H groups in total. The van der Waals surface area contributed by atoms with Gasteiger partial charge in [0.05, 0.1) is 18.2 Å². The first-order chi connectivity index (χ1) is 8.84. The molecular formula is C15H24N2O2. The van der Waals surface area contributed by atoms with Crippen molar-refractivity contribution < 1.29 is 9.53 Å². The number of benzene rings is 1. The van der Waals surface area contributed by atoms with Gasteiger partial charge in [0.25, 0.3) is 0 Å². The minimum absolute atomic E-state index is 0.0736. The van der Waals surface area contributed by atoms with Crippen LogP contribution in [0.15, 0.2) is 24.3 Å². The lowest BCUT2D eigenvalue weighted by Crippen LogP contribution is -2.49. The first-order valence-electron chi connectivity index (χ1n) is 6.67. The lowest BCUT2D eigenvalue weighted by molar-refractivity contribution is -0.125. The van der Waals surface area contributed by atoms with E-state index in [9.17, 15) is 4.79 Å². The minimum Gasteiger partial charge on any atom is -0.494 e. The fourth-order valence-electron chi connectivity index (χ4n) is 1.54. The maximum absolute atomic E-state index is 11.8. The number of nitrogens with one attached hydrogen (secondary N) is 1. The van der Waals surface area contributed by atoms with Gasteiger partial charge in [-0.05, 0) is 44.9 Å². The second-order valence-electron chi connectivity index (χ2n) is 5.33. The van der Waals surface area contributed by atoms with Crippen LogP contribution >= 0.6 is 0 Å². The van der Waals surface area contributed by atoms with Crippen LogP contribution in [-0.4, -0.2) is 18.1 Å². The van der Waals surface area contributed by atoms with Crippen LogP contribution in [0.3, 0.4) is 0 Å². The molecule has 0 aliphatic carbocycles. The van der Waals surface area contributed by atoms with Crippen molar-refractivity contribution in [2.24, 2.45) is 5.73 Å². The van der Waals surface area contributed by atoms with Crippen molar-refractivity contribution in [1.82, 2.24) is 5.32 Å². The largest absolute Gasteiger partial charge is 0.494 e. The quantitative estimate of drug-likeness (QED) is 0.829. The van der Waals surface area contributed by atoms with Gasteiger partial charge in [-0.3, -0.25) is 4.79 Å². The van der Waals surface area contributed by atoms with Gasteiger partial charge in [-0.1, -0.05) is 19.1 Å². The summed E-state index contributed by atoms with van der Waals surface area (Å²) in [4.78, 5) is 11.8. The van der Waals surface area contributed by atoms with Crippen molar-refractivity contribution >= 4 is 5.91 Å². The molecule has 19 heavy (non-hydrogen) atoms. The van der Waals surface area contributed by atoms with Crippen LogP contribution < -0.4 is 15.8 Å². The highest BCUT2D eigenvalue weighted by Crippen LogP contribution is 2.18. The average Bonchev–Trinajstić information content (AvgIpc) is 2.35. The van der Waals surface area contributed by atoms with Crippen molar-refractivity contribution in [2.75, 3.05) is 6.61 Å². The van der Waals surface area contributed by atoms with Crippen molar-refractivity contribution in [3.05, 3.63) is 29.8 Å². The Hall–Kier alpha value is -1.55. The molecule has 0 saturated carbocycles. The molecule has 1 aromatic rings. The number of amides is 1. The summed E-state index contributed by atoms with van der Waals surface area (Å²) in [6, 6.07) is 7.68. The predicted octanol–water partition coefficient (Wildman–Crippen LogP) is 2.39. The molecule has 0 aliphatic heterocycles. The Morgan fingerprint density at radius 2 is 1.95 bits per heavy atom. The van der Waals surface area contributed by atoms with E-state index in [2.05, 4.69) is 12.2 Å². The molecule has 0 bridgehead atoms. The highest BCUT2D eigenvalue weighted by Gasteiger charge is 2.23. The zero-order chi connectivity index (χ0) is 14.5. The Kier molecular flexibility index (Phi) is 5.36. The number of carbonyl (C=O) groups is 1. The topological polar surface area (TPSA) is 64.3 Å². The molecule has 106 valence electrons. The minimum atomic E-state index is -0.863. The van der Waals surface area contributed by atoms with E-state index < -0.39 is 5.54 Å². The van der Waals surface area contributed by atoms with Crippen LogP contribution in [0, 0.1) is 0 Å². The normalized spacial score (nSPS) is 12.9. The Morgan fingerprint density at radius 1 is 1.37 bits per heavy atom. The van der Waals surface area contributed by atoms with Gasteiger partial charge in [0.15, 0.2) is 0 Å². The van der Waals surface area contributed by atoms with Crippen molar-refractivity contribution in [2.45, 2.75) is 45.7 Å². The van der Waals surface area contributed by atoms with Crippen LogP contribution in [0.5, 0.6) is 5.75 Å². The second kappa shape index (κ2) is 6.57. The molecule has 1 atom stereocenters. The average molecular weight is 264 g/mol. The first kappa shape index (κ1) is 15.5. The summed E-state index contributed by atoms with van der Waals surface area (Å²) in [6.07, 6.45) is 0.986. The SMILES string of the molecule is CCCOc1ccc(C(C)NC(=O)C(C)(C)N)cc1. The Bertz CT molecular complexity index is 407. The van der Waals surface area contributed by atoms with Gasteiger partial charge in [0, 0.05) is 0 Å². The smallest absolute Gasteiger partial charge is 0.239 e. The lowest BCUT2D eigenvalue weighted by Gasteiger charge is -2.22. The Balaban J connectivity index is 2.62. The maximum atomic E-state index is 11.8. The van der Waals surface area contributed by atoms with Gasteiger partial charge in [-0.25, -0.2) is 0 Å². The Morgan fingerprint density at radius 3 is 2.42 bits per heavy atom. The molecule has 0 spiro atoms. The molecule has 1 amide bonds. The van der Waals surface area contributed by atoms with Crippen molar-refractivity contribution in [3.8, 4) is 5.75 Å². The zero-order valence-corrected chi connectivity index (χ0v) is 12.2. The third-order valence-electron chi connectivity index (χ3n) is 2.79. The number of nitrogens with two attached hydrogens (primary N) is 1. The Labute approximate surface area is 115 Å². The molecule has 0 radical (unpaired) electrons. The molecule has 4 heteroatoms. The van der Waals surface area contributed by atoms with Crippen LogP contribution in [-0.2, 0) is 4.79 Å². The molecule has 0 saturated heterocycles. The third kappa shape index (κ3) is 4.91. The summed E-state index contributed by atoms with van der Waals surface area (Å²) in [6.45, 7) is 8.10. The summed E-state index contributed by atoms with van der Waals surface area (Å²) in [5.74, 6) is 0.689. The fraction of sp³-hybridized carbons (Fsp3) is 0.533. The van der Waals surface area contributed by atoms with Crippen molar-refractivity contribution in [3.63, 3.8) is 0 Å². The summed E-state index contributed by atoms with van der Waals surface area (Å²) >= 11 is 0. The molecule has 0 fully saturated rings. The third-order valence-corrected chi connectivity index (χ3v) is 2.79. The van der Waals surface area contributed by atoms with Gasteiger partial charge < -0.3 is 15.8 Å². The van der Waals surface area contributed by atoms with Crippen molar-refractivity contribution in [1.29, 1.82) is 0 Å². The molecule has 1 unspecified atom stereocenters. The van der Waals surface area contributed by atoms with Gasteiger partial charge in [0.1, 0.15) is 5.75 Å². The zero-order valence-electron chi connectivity index (χ0n) is 12.2. The number of rotatable bonds is 6. The molecule has 4 nitrogen and oxygen atoms in total. The molecule has 0 aromatic heterocycles. The fourth-order valence-corrected chi connectivity index (χ4v) is 1.54. The molecular weight excluding hydrogens is 240 g/mol. The van der Waals surface area contributed by atoms with E-state index in [1.165, 1.54) is 0 Å². The highest BCUT2D eigenvalue weighted by molar-refractivity contribution is 5.85. The predicted molar refractivity (Wildman–Crippen MR) is 77.1 cm³/mol. The number of hydrogen-bond donors (Lipinski definition) is 2. The first-order valence-corrected chi connectivity index (χ1v) is 6.67. The van der Waals surface area contributed by atoms with Crippen LogP contribution in [0.1, 0.15) is 45.7 Å². The second-order valence-corrected chi connectivity index (χ2v) is 5.33. The molecule has 1 rings (SSSR count). The molecule has 1 aromatic carbocycles. The number of hydrogen-bond acceptors (Lipinski definition) is 3. The number of ether oxygens (including phenoxy) is 1. The maximum Gasteiger partial charge on any atom is 0.239 e. The highest BCUT2D eigenvalue weighted by atomic mass is 16.5. The van der Waals surface area contributed by atoms with E-state index in [0.717, 1.165) is 17.7 Å². The van der Waals surface area contributed by atoms with E-state index >= 15 is 0 Å². The standard InChI is InChI=1S/C15H24N2O2/c1-5-10-19-13-8-6-12(7-9-13)11(2)17-14(18)15(3,4)16/h6-9,11H,5,10,16H2,1-4H3,(H,17,18). The van der Waals surface area contributed by atoms with Gasteiger partial charge in [-0.15, -0.1) is 0 Å². The van der Waals surface area contributed by atoms with Crippen LogP contribution in [0.25, 0.3) is 0 Å². The monoisotopic (exact) mass is 264 g/mol. The van der Waals surface area contributed by atoms with Gasteiger partial charge in [0.2, 0.25) is 5.91 Å². The van der Waals surface area contributed by atoms with Crippen LogP contribution in [0.2, 0.25) is 0 Å². The molecule has 0 heterocycles. The molecule has 0 aliphatic rings. The van der Waals surface area contributed by atoms with Gasteiger partial charge in [-0.2, -0.15) is 0 Å². The van der Waals surface area contributed by atoms with E-state index in [1.807, 2.05) is 31.2 Å². The van der Waals surface area contributed by atoms with E-state index in [4.69, 9.17) is 10.5 Å². The summed E-state index contributed by atoms with van der Waals surface area (Å²) in [5, 5.41) is 2.89. The summed E-state index contributed by atoms with van der Waals surface area (Å²) in [5.41, 5.74) is 5.92. The van der Waals surface area contributed by atoms with E-state index in [1.54, 1.807) is 13.8 Å². The van der Waals surface area contributed by atoms with Crippen LogP contribution in [0.4, 0.5) is 0 Å². The summed E-state index contributed by atoms with van der Waals surface area (Å²) in [7, 11) is 0. The number of carbonyl (C=O) groups excluding carboxylic acids is 1. The van der Waals surface area contributed by atoms with Gasteiger partial charge >= 0.3 is 0 Å². The van der Waals surface area contributed by atoms with E-state index in [0.29, 0.717) is 6.61 Å². The summed E-state index contributed by atoms with van der Waals surface area (Å²) < 4.78 is 5.52.